The molecule has 4 aromatic rings. The molecule has 3 aromatic carbocycles. The van der Waals surface area contributed by atoms with Gasteiger partial charge in [0.25, 0.3) is 0 Å². The number of anilines is 1. The molecule has 0 aliphatic carbocycles. The number of hydrogen-bond acceptors (Lipinski definition) is 4. The van der Waals surface area contributed by atoms with Gasteiger partial charge < -0.3 is 5.32 Å². The number of thioether (sulfide) groups is 1. The van der Waals surface area contributed by atoms with Crippen molar-refractivity contribution in [1.29, 1.82) is 0 Å². The monoisotopic (exact) mass is 428 g/mol. The van der Waals surface area contributed by atoms with Gasteiger partial charge in [0, 0.05) is 17.8 Å². The summed E-state index contributed by atoms with van der Waals surface area (Å²) in [6.07, 6.45) is 0.664. The summed E-state index contributed by atoms with van der Waals surface area (Å²) in [5, 5.41) is 12.5. The van der Waals surface area contributed by atoms with Crippen molar-refractivity contribution in [3.8, 4) is 5.69 Å². The molecule has 1 aromatic heterocycles. The topological polar surface area (TPSA) is 59.8 Å². The Morgan fingerprint density at radius 3 is 2.48 bits per heavy atom. The molecule has 4 rings (SSSR count). The lowest BCUT2D eigenvalue weighted by molar-refractivity contribution is -0.113. The molecule has 0 radical (unpaired) electrons. The summed E-state index contributed by atoms with van der Waals surface area (Å²) >= 11 is 1.39. The average molecular weight is 429 g/mol. The second-order valence-corrected chi connectivity index (χ2v) is 8.33. The van der Waals surface area contributed by atoms with Crippen LogP contribution in [0.5, 0.6) is 0 Å². The molecule has 0 saturated carbocycles. The minimum atomic E-state index is -0.0669. The van der Waals surface area contributed by atoms with E-state index in [1.165, 1.54) is 11.8 Å². The first-order chi connectivity index (χ1) is 15.1. The van der Waals surface area contributed by atoms with Crippen molar-refractivity contribution in [2.24, 2.45) is 0 Å². The number of aromatic nitrogens is 3. The molecule has 6 heteroatoms. The normalized spacial score (nSPS) is 10.8. The molecule has 0 saturated heterocycles. The number of rotatable bonds is 7. The molecule has 1 heterocycles. The second kappa shape index (κ2) is 9.62. The first kappa shape index (κ1) is 20.9. The Labute approximate surface area is 186 Å². The highest BCUT2D eigenvalue weighted by atomic mass is 32.2. The zero-order valence-electron chi connectivity index (χ0n) is 17.6. The van der Waals surface area contributed by atoms with E-state index in [2.05, 4.69) is 46.7 Å². The van der Waals surface area contributed by atoms with E-state index in [0.29, 0.717) is 11.6 Å². The number of nitrogens with zero attached hydrogens (tertiary/aromatic N) is 3. The first-order valence-corrected chi connectivity index (χ1v) is 11.1. The summed E-state index contributed by atoms with van der Waals surface area (Å²) < 4.78 is 2.05. The van der Waals surface area contributed by atoms with Gasteiger partial charge in [-0.1, -0.05) is 72.4 Å². The Balaban J connectivity index is 1.57. The van der Waals surface area contributed by atoms with E-state index in [1.807, 2.05) is 66.1 Å². The quantitative estimate of drug-likeness (QED) is 0.411. The molecule has 0 bridgehead atoms. The molecule has 0 aliphatic rings. The molecule has 0 unspecified atom stereocenters. The van der Waals surface area contributed by atoms with Gasteiger partial charge in [0.1, 0.15) is 5.82 Å². The van der Waals surface area contributed by atoms with Gasteiger partial charge in [-0.05, 0) is 48.7 Å². The van der Waals surface area contributed by atoms with Gasteiger partial charge >= 0.3 is 0 Å². The highest BCUT2D eigenvalue weighted by Crippen LogP contribution is 2.24. The number of hydrogen-bond donors (Lipinski definition) is 1. The van der Waals surface area contributed by atoms with Gasteiger partial charge in [0.05, 0.1) is 5.75 Å². The molecule has 0 atom stereocenters. The van der Waals surface area contributed by atoms with Crippen LogP contribution in [0.2, 0.25) is 0 Å². The molecular formula is C25H24N4OS. The molecule has 156 valence electrons. The van der Waals surface area contributed by atoms with Crippen LogP contribution in [0.25, 0.3) is 5.69 Å². The van der Waals surface area contributed by atoms with Gasteiger partial charge in [-0.2, -0.15) is 0 Å². The molecule has 0 aliphatic heterocycles. The first-order valence-electron chi connectivity index (χ1n) is 10.1. The van der Waals surface area contributed by atoms with Crippen molar-refractivity contribution in [2.45, 2.75) is 25.4 Å². The maximum atomic E-state index is 12.5. The van der Waals surface area contributed by atoms with Crippen LogP contribution in [0.15, 0.2) is 84.0 Å². The minimum Gasteiger partial charge on any atom is -0.325 e. The lowest BCUT2D eigenvalue weighted by atomic mass is 10.1. The summed E-state index contributed by atoms with van der Waals surface area (Å²) in [7, 11) is 0. The van der Waals surface area contributed by atoms with Crippen molar-refractivity contribution in [2.75, 3.05) is 11.1 Å². The van der Waals surface area contributed by atoms with Crippen molar-refractivity contribution >= 4 is 23.4 Å². The van der Waals surface area contributed by atoms with Crippen LogP contribution >= 0.6 is 11.8 Å². The van der Waals surface area contributed by atoms with Crippen LogP contribution in [-0.4, -0.2) is 26.4 Å². The zero-order chi connectivity index (χ0) is 21.6. The average Bonchev–Trinajstić information content (AvgIpc) is 3.17. The molecule has 1 N–H and O–H groups in total. The van der Waals surface area contributed by atoms with E-state index < -0.39 is 0 Å². The molecule has 0 fully saturated rings. The third-order valence-corrected chi connectivity index (χ3v) is 5.85. The fourth-order valence-electron chi connectivity index (χ4n) is 3.34. The summed E-state index contributed by atoms with van der Waals surface area (Å²) in [5.41, 5.74) is 5.19. The van der Waals surface area contributed by atoms with Crippen molar-refractivity contribution in [1.82, 2.24) is 14.8 Å². The largest absolute Gasteiger partial charge is 0.325 e. The van der Waals surface area contributed by atoms with E-state index in [-0.39, 0.29) is 11.7 Å². The number of nitrogens with one attached hydrogen (secondary N) is 1. The van der Waals surface area contributed by atoms with Crippen LogP contribution < -0.4 is 5.32 Å². The highest BCUT2D eigenvalue weighted by Gasteiger charge is 2.17. The van der Waals surface area contributed by atoms with Crippen LogP contribution in [0.1, 0.15) is 22.5 Å². The van der Waals surface area contributed by atoms with Crippen LogP contribution in [0.3, 0.4) is 0 Å². The Bertz CT molecular complexity index is 1190. The summed E-state index contributed by atoms with van der Waals surface area (Å²) in [6.45, 7) is 4.04. The zero-order valence-corrected chi connectivity index (χ0v) is 18.4. The number of benzene rings is 3. The van der Waals surface area contributed by atoms with Crippen molar-refractivity contribution < 1.29 is 4.79 Å². The van der Waals surface area contributed by atoms with Gasteiger partial charge in [0.15, 0.2) is 5.16 Å². The fraction of sp³-hybridized carbons (Fsp3) is 0.160. The predicted molar refractivity (Wildman–Crippen MR) is 126 cm³/mol. The van der Waals surface area contributed by atoms with Crippen molar-refractivity contribution in [3.63, 3.8) is 0 Å². The summed E-state index contributed by atoms with van der Waals surface area (Å²) in [5.74, 6) is 1.03. The minimum absolute atomic E-state index is 0.0669. The van der Waals surface area contributed by atoms with Crippen LogP contribution in [0.4, 0.5) is 5.69 Å². The van der Waals surface area contributed by atoms with E-state index in [4.69, 9.17) is 0 Å². The smallest absolute Gasteiger partial charge is 0.234 e. The van der Waals surface area contributed by atoms with E-state index in [1.54, 1.807) is 0 Å². The van der Waals surface area contributed by atoms with E-state index >= 15 is 0 Å². The fourth-order valence-corrected chi connectivity index (χ4v) is 4.11. The third-order valence-electron chi connectivity index (χ3n) is 4.92. The standard InChI is InChI=1S/C25H24N4OS/c1-18-9-8-13-21(15-18)29-23(16-20-11-4-3-5-12-20)27-28-25(29)31-17-24(30)26-22-14-7-6-10-19(22)2/h3-15H,16-17H2,1-2H3,(H,26,30). The maximum Gasteiger partial charge on any atom is 0.234 e. The number of amides is 1. The Hall–Kier alpha value is -3.38. The number of carbonyl (C=O) groups is 1. The van der Waals surface area contributed by atoms with Gasteiger partial charge in [-0.25, -0.2) is 0 Å². The van der Waals surface area contributed by atoms with Crippen molar-refractivity contribution in [3.05, 3.63) is 101 Å². The van der Waals surface area contributed by atoms with Gasteiger partial charge in [-0.3, -0.25) is 9.36 Å². The Morgan fingerprint density at radius 1 is 0.935 bits per heavy atom. The third kappa shape index (κ3) is 5.22. The maximum absolute atomic E-state index is 12.5. The second-order valence-electron chi connectivity index (χ2n) is 7.39. The number of carbonyl (C=O) groups excluding carboxylic acids is 1. The lowest BCUT2D eigenvalue weighted by Crippen LogP contribution is -2.15. The molecule has 5 nitrogen and oxygen atoms in total. The Kier molecular flexibility index (Phi) is 6.48. The number of aryl methyl sites for hydroxylation is 2. The molecule has 31 heavy (non-hydrogen) atoms. The summed E-state index contributed by atoms with van der Waals surface area (Å²) in [6, 6.07) is 26.2. The van der Waals surface area contributed by atoms with Crippen LogP contribution in [-0.2, 0) is 11.2 Å². The van der Waals surface area contributed by atoms with E-state index in [0.717, 1.165) is 33.9 Å². The molecular weight excluding hydrogens is 404 g/mol. The van der Waals surface area contributed by atoms with Gasteiger partial charge in [-0.15, -0.1) is 10.2 Å². The van der Waals surface area contributed by atoms with E-state index in [9.17, 15) is 4.79 Å². The van der Waals surface area contributed by atoms with Gasteiger partial charge in [0.2, 0.25) is 5.91 Å². The predicted octanol–water partition coefficient (Wildman–Crippen LogP) is 5.21. The molecule has 1 amide bonds. The lowest BCUT2D eigenvalue weighted by Gasteiger charge is -2.12. The SMILES string of the molecule is Cc1cccc(-n2c(Cc3ccccc3)nnc2SCC(=O)Nc2ccccc2C)c1. The number of para-hydroxylation sites is 1. The van der Waals surface area contributed by atoms with Crippen LogP contribution in [0, 0.1) is 13.8 Å². The summed E-state index contributed by atoms with van der Waals surface area (Å²) in [4.78, 5) is 12.5. The molecule has 0 spiro atoms. The Morgan fingerprint density at radius 2 is 1.71 bits per heavy atom. The highest BCUT2D eigenvalue weighted by molar-refractivity contribution is 7.99.